The van der Waals surface area contributed by atoms with Crippen LogP contribution in [0.15, 0.2) is 24.3 Å². The van der Waals surface area contributed by atoms with Gasteiger partial charge in [0, 0.05) is 12.1 Å². The first-order valence-corrected chi connectivity index (χ1v) is 5.19. The van der Waals surface area contributed by atoms with Crippen LogP contribution >= 0.6 is 19.4 Å². The molecule has 0 fully saturated rings. The Bertz CT molecular complexity index is 329. The van der Waals surface area contributed by atoms with Gasteiger partial charge in [0.15, 0.2) is 0 Å². The van der Waals surface area contributed by atoms with Crippen LogP contribution in [0.2, 0.25) is 5.02 Å². The van der Waals surface area contributed by atoms with Crippen molar-refractivity contribution in [3.05, 3.63) is 29.3 Å². The van der Waals surface area contributed by atoms with Gasteiger partial charge in [-0.3, -0.25) is 4.57 Å². The third-order valence-corrected chi connectivity index (χ3v) is 2.39. The summed E-state index contributed by atoms with van der Waals surface area (Å²) in [5.41, 5.74) is 0. The monoisotopic (exact) mass is 260 g/mol. The van der Waals surface area contributed by atoms with Gasteiger partial charge in [0.1, 0.15) is 5.75 Å². The Labute approximate surface area is 130 Å². The molecule has 0 aliphatic heterocycles. The van der Waals surface area contributed by atoms with E-state index in [0.717, 1.165) is 7.11 Å². The molecule has 72 valence electrons. The van der Waals surface area contributed by atoms with E-state index >= 15 is 0 Å². The van der Waals surface area contributed by atoms with Crippen LogP contribution < -0.4 is 60.8 Å². The van der Waals surface area contributed by atoms with E-state index in [2.05, 4.69) is 9.05 Å². The number of hydrogen-bond acceptors (Lipinski definition) is 4. The Morgan fingerprint density at radius 2 is 1.86 bits per heavy atom. The largest absolute Gasteiger partial charge is 1.00 e. The van der Waals surface area contributed by atoms with Gasteiger partial charge >= 0.3 is 59.2 Å². The van der Waals surface area contributed by atoms with Crippen LogP contribution in [0.4, 0.5) is 0 Å². The van der Waals surface area contributed by atoms with E-state index in [1.54, 1.807) is 0 Å². The first kappa shape index (κ1) is 15.1. The summed E-state index contributed by atoms with van der Waals surface area (Å²) in [6, 6.07) is 5.91. The molecule has 0 heterocycles. The average molecular weight is 261 g/mol. The van der Waals surface area contributed by atoms with Gasteiger partial charge in [0.25, 0.3) is 0 Å². The molecule has 14 heavy (non-hydrogen) atoms. The van der Waals surface area contributed by atoms with E-state index in [-0.39, 0.29) is 57.1 Å². The third kappa shape index (κ3) is 5.25. The number of benzene rings is 1. The number of phosphoric ester groups is 1. The van der Waals surface area contributed by atoms with Gasteiger partial charge in [-0.15, -0.1) is 0 Å². The van der Waals surface area contributed by atoms with Crippen molar-refractivity contribution >= 4 is 19.4 Å². The van der Waals surface area contributed by atoms with Crippen molar-refractivity contribution in [3.63, 3.8) is 0 Å². The zero-order valence-corrected chi connectivity index (χ0v) is 12.5. The topological polar surface area (TPSA) is 58.6 Å². The van der Waals surface area contributed by atoms with Crippen LogP contribution in [-0.2, 0) is 9.09 Å². The number of halogens is 1. The van der Waals surface area contributed by atoms with Crippen LogP contribution in [0.25, 0.3) is 0 Å². The summed E-state index contributed by atoms with van der Waals surface area (Å²) >= 11 is 5.58. The minimum atomic E-state index is -4.20. The predicted octanol–water partition coefficient (Wildman–Crippen LogP) is -1.16. The quantitative estimate of drug-likeness (QED) is 0.508. The van der Waals surface area contributed by atoms with Crippen LogP contribution in [0, 0.1) is 0 Å². The van der Waals surface area contributed by atoms with Gasteiger partial charge in [-0.1, -0.05) is 11.6 Å². The van der Waals surface area contributed by atoms with Crippen molar-refractivity contribution in [3.8, 4) is 5.75 Å². The molecule has 1 aromatic carbocycles. The molecule has 1 atom stereocenters. The number of rotatable bonds is 3. The fourth-order valence-electron chi connectivity index (χ4n) is 0.662. The molecule has 4 nitrogen and oxygen atoms in total. The van der Waals surface area contributed by atoms with E-state index in [1.165, 1.54) is 24.3 Å². The molecule has 1 rings (SSSR count). The second-order valence-corrected chi connectivity index (χ2v) is 4.05. The van der Waals surface area contributed by atoms with Crippen LogP contribution in [0.1, 0.15) is 0 Å². The van der Waals surface area contributed by atoms with Crippen LogP contribution in [0.5, 0.6) is 5.75 Å². The standard InChI is InChI=1S/C7H8ClO4P.K/c1-11-13(9,10)12-7-4-2-6(8)3-5-7;/h2-5H,1H3,(H,9,10);/q;+1/p-1. The predicted molar refractivity (Wildman–Crippen MR) is 46.7 cm³/mol. The molecule has 0 bridgehead atoms. The Hall–Kier alpha value is 1.10. The molecule has 1 aromatic rings. The molecule has 1 unspecified atom stereocenters. The smallest absolute Gasteiger partial charge is 0.746 e. The molecule has 0 N–H and O–H groups in total. The maximum atomic E-state index is 10.8. The first-order chi connectivity index (χ1) is 6.03. The Kier molecular flexibility index (Phi) is 7.15. The van der Waals surface area contributed by atoms with Gasteiger partial charge < -0.3 is 13.9 Å². The average Bonchev–Trinajstić information content (AvgIpc) is 2.09. The minimum Gasteiger partial charge on any atom is -0.746 e. The van der Waals surface area contributed by atoms with Gasteiger partial charge in [0.2, 0.25) is 0 Å². The number of phosphoric acid groups is 1. The summed E-state index contributed by atoms with van der Waals surface area (Å²) in [5, 5.41) is 0.505. The first-order valence-electron chi connectivity index (χ1n) is 3.35. The third-order valence-electron chi connectivity index (χ3n) is 1.25. The Morgan fingerprint density at radius 1 is 1.36 bits per heavy atom. The molecule has 0 radical (unpaired) electrons. The molecule has 0 aliphatic rings. The van der Waals surface area contributed by atoms with Gasteiger partial charge in [0.05, 0.1) is 0 Å². The van der Waals surface area contributed by atoms with Gasteiger partial charge in [-0.2, -0.15) is 0 Å². The normalized spacial score (nSPS) is 13.9. The molecule has 0 saturated carbocycles. The van der Waals surface area contributed by atoms with E-state index < -0.39 is 7.82 Å². The van der Waals surface area contributed by atoms with Gasteiger partial charge in [-0.05, 0) is 24.3 Å². The van der Waals surface area contributed by atoms with Crippen molar-refractivity contribution in [2.75, 3.05) is 7.11 Å². The van der Waals surface area contributed by atoms with Crippen molar-refractivity contribution < 1.29 is 69.9 Å². The fourth-order valence-corrected chi connectivity index (χ4v) is 1.24. The van der Waals surface area contributed by atoms with Crippen molar-refractivity contribution in [2.45, 2.75) is 0 Å². The minimum absolute atomic E-state index is 0. The SMILES string of the molecule is COP(=O)([O-])Oc1ccc(Cl)cc1.[K+]. The zero-order chi connectivity index (χ0) is 9.90. The summed E-state index contributed by atoms with van der Waals surface area (Å²) in [4.78, 5) is 10.8. The second kappa shape index (κ2) is 6.63. The molecule has 0 amide bonds. The summed E-state index contributed by atoms with van der Waals surface area (Å²) in [6.07, 6.45) is 0. The fraction of sp³-hybridized carbons (Fsp3) is 0.143. The molecule has 0 saturated heterocycles. The number of hydrogen-bond donors (Lipinski definition) is 0. The second-order valence-electron chi connectivity index (χ2n) is 2.17. The van der Waals surface area contributed by atoms with Crippen molar-refractivity contribution in [1.29, 1.82) is 0 Å². The van der Waals surface area contributed by atoms with E-state index in [9.17, 15) is 9.46 Å². The molecular weight excluding hydrogens is 254 g/mol. The van der Waals surface area contributed by atoms with E-state index in [0.29, 0.717) is 5.02 Å². The Morgan fingerprint density at radius 3 is 2.29 bits per heavy atom. The van der Waals surface area contributed by atoms with Crippen LogP contribution in [-0.4, -0.2) is 7.11 Å². The summed E-state index contributed by atoms with van der Waals surface area (Å²) in [6.45, 7) is 0. The van der Waals surface area contributed by atoms with Crippen molar-refractivity contribution in [2.24, 2.45) is 0 Å². The molecule has 0 aromatic heterocycles. The van der Waals surface area contributed by atoms with Crippen molar-refractivity contribution in [1.82, 2.24) is 0 Å². The summed E-state index contributed by atoms with van der Waals surface area (Å²) < 4.78 is 19.4. The zero-order valence-electron chi connectivity index (χ0n) is 7.77. The summed E-state index contributed by atoms with van der Waals surface area (Å²) in [7, 11) is -3.17. The van der Waals surface area contributed by atoms with Crippen LogP contribution in [0.3, 0.4) is 0 Å². The molecule has 7 heteroatoms. The molecule has 0 aliphatic carbocycles. The maximum Gasteiger partial charge on any atom is 1.00 e. The van der Waals surface area contributed by atoms with E-state index in [4.69, 9.17) is 11.6 Å². The van der Waals surface area contributed by atoms with Gasteiger partial charge in [-0.25, -0.2) is 0 Å². The Balaban J connectivity index is 0.00000169. The molecule has 0 spiro atoms. The maximum absolute atomic E-state index is 10.8. The van der Waals surface area contributed by atoms with E-state index in [1.807, 2.05) is 0 Å². The summed E-state index contributed by atoms with van der Waals surface area (Å²) in [5.74, 6) is 0.171. The molecular formula is C7H7ClKO4P.